The number of rotatable bonds is 2. The minimum Gasteiger partial charge on any atom is -0.356 e. The second kappa shape index (κ2) is 4.84. The Labute approximate surface area is 116 Å². The number of aromatic nitrogens is 3. The Morgan fingerprint density at radius 1 is 1.44 bits per heavy atom. The van der Waals surface area contributed by atoms with Crippen LogP contribution in [-0.4, -0.2) is 21.1 Å². The van der Waals surface area contributed by atoms with Crippen LogP contribution in [0, 0.1) is 3.57 Å². The molecule has 18 heavy (non-hydrogen) atoms. The normalized spacial score (nSPS) is 11.6. The number of hydrogen-bond donors (Lipinski definition) is 2. The molecule has 10 heteroatoms. The first-order chi connectivity index (χ1) is 8.36. The second-order valence-corrected chi connectivity index (χ2v) is 5.32. The van der Waals surface area contributed by atoms with Crippen LogP contribution in [0.5, 0.6) is 0 Å². The van der Waals surface area contributed by atoms with E-state index in [1.165, 1.54) is 0 Å². The van der Waals surface area contributed by atoms with E-state index in [1.807, 2.05) is 22.6 Å². The predicted molar refractivity (Wildman–Crippen MR) is 66.4 cm³/mol. The Morgan fingerprint density at radius 3 is 2.67 bits per heavy atom. The summed E-state index contributed by atoms with van der Waals surface area (Å²) >= 11 is 2.27. The van der Waals surface area contributed by atoms with Crippen LogP contribution in [-0.2, 0) is 6.18 Å². The average molecular weight is 388 g/mol. The second-order valence-electron chi connectivity index (χ2n) is 3.10. The van der Waals surface area contributed by atoms with E-state index in [1.54, 1.807) is 12.3 Å². The molecule has 2 heterocycles. The molecule has 0 bridgehead atoms. The maximum atomic E-state index is 12.3. The lowest BCUT2D eigenvalue weighted by atomic mass is 10.4. The molecule has 0 aromatic carbocycles. The molecule has 0 spiro atoms. The number of H-pyrrole nitrogens is 1. The molecule has 2 aromatic rings. The van der Waals surface area contributed by atoms with Gasteiger partial charge in [0.2, 0.25) is 10.1 Å². The highest BCUT2D eigenvalue weighted by Gasteiger charge is 2.35. The lowest BCUT2D eigenvalue weighted by molar-refractivity contribution is -0.138. The van der Waals surface area contributed by atoms with E-state index < -0.39 is 17.1 Å². The Hall–Kier alpha value is -1.17. The molecule has 0 saturated carbocycles. The molecule has 0 aliphatic carbocycles. The zero-order valence-electron chi connectivity index (χ0n) is 8.38. The molecule has 0 fully saturated rings. The zero-order chi connectivity index (χ0) is 13.3. The van der Waals surface area contributed by atoms with Crippen molar-refractivity contribution in [3.8, 4) is 0 Å². The molecule has 2 aromatic heterocycles. The van der Waals surface area contributed by atoms with Crippen LogP contribution < -0.4 is 5.32 Å². The van der Waals surface area contributed by atoms with Gasteiger partial charge < -0.3 is 4.98 Å². The standard InChI is InChI=1S/C8H4F3IN4OS/c9-8(10,11)6-15-16-7(18-6)14-5(17)4-1-3(12)2-13-4/h1-2,13H,(H,14,16,17). The van der Waals surface area contributed by atoms with E-state index in [0.29, 0.717) is 0 Å². The number of carbonyl (C=O) groups excluding carboxylic acids is 1. The number of aromatic amines is 1. The van der Waals surface area contributed by atoms with E-state index in [0.717, 1.165) is 3.57 Å². The van der Waals surface area contributed by atoms with Gasteiger partial charge >= 0.3 is 6.18 Å². The molecule has 0 radical (unpaired) electrons. The Kier molecular flexibility index (Phi) is 3.56. The van der Waals surface area contributed by atoms with Crippen molar-refractivity contribution in [1.82, 2.24) is 15.2 Å². The van der Waals surface area contributed by atoms with Gasteiger partial charge in [-0.2, -0.15) is 13.2 Å². The van der Waals surface area contributed by atoms with E-state index in [4.69, 9.17) is 0 Å². The van der Waals surface area contributed by atoms with Gasteiger partial charge in [-0.1, -0.05) is 11.3 Å². The van der Waals surface area contributed by atoms with Crippen LogP contribution in [0.15, 0.2) is 12.3 Å². The summed E-state index contributed by atoms with van der Waals surface area (Å²) < 4.78 is 37.6. The van der Waals surface area contributed by atoms with Crippen molar-refractivity contribution < 1.29 is 18.0 Å². The number of nitrogens with zero attached hydrogens (tertiary/aromatic N) is 2. The third-order valence-corrected chi connectivity index (χ3v) is 3.29. The molecule has 0 aliphatic rings. The molecule has 0 unspecified atom stereocenters. The minimum absolute atomic E-state index is 0.197. The first-order valence-corrected chi connectivity index (χ1v) is 6.32. The van der Waals surface area contributed by atoms with Crippen LogP contribution in [0.4, 0.5) is 18.3 Å². The fourth-order valence-corrected chi connectivity index (χ4v) is 2.12. The van der Waals surface area contributed by atoms with Crippen molar-refractivity contribution >= 4 is 45.0 Å². The predicted octanol–water partition coefficient (Wildman–Crippen LogP) is 2.74. The highest BCUT2D eigenvalue weighted by atomic mass is 127. The number of nitrogens with one attached hydrogen (secondary N) is 2. The topological polar surface area (TPSA) is 70.7 Å². The van der Waals surface area contributed by atoms with Crippen molar-refractivity contribution in [2.75, 3.05) is 5.32 Å². The number of hydrogen-bond acceptors (Lipinski definition) is 4. The molecule has 0 aliphatic heterocycles. The van der Waals surface area contributed by atoms with Gasteiger partial charge in [0.15, 0.2) is 0 Å². The largest absolute Gasteiger partial charge is 0.445 e. The zero-order valence-corrected chi connectivity index (χ0v) is 11.4. The summed E-state index contributed by atoms with van der Waals surface area (Å²) in [6.45, 7) is 0. The Balaban J connectivity index is 2.10. The van der Waals surface area contributed by atoms with Crippen molar-refractivity contribution in [3.05, 3.63) is 26.5 Å². The first kappa shape index (κ1) is 13.3. The highest BCUT2D eigenvalue weighted by molar-refractivity contribution is 14.1. The number of halogens is 4. The average Bonchev–Trinajstić information content (AvgIpc) is 2.85. The van der Waals surface area contributed by atoms with Gasteiger partial charge in [-0.15, -0.1) is 10.2 Å². The molecule has 0 atom stereocenters. The third kappa shape index (κ3) is 2.98. The van der Waals surface area contributed by atoms with Crippen LogP contribution >= 0.6 is 33.9 Å². The quantitative estimate of drug-likeness (QED) is 0.778. The third-order valence-electron chi connectivity index (χ3n) is 1.78. The van der Waals surface area contributed by atoms with Crippen molar-refractivity contribution in [3.63, 3.8) is 0 Å². The van der Waals surface area contributed by atoms with Gasteiger partial charge in [0.05, 0.1) is 0 Å². The molecular formula is C8H4F3IN4OS. The van der Waals surface area contributed by atoms with Gasteiger partial charge in [-0.25, -0.2) is 0 Å². The highest BCUT2D eigenvalue weighted by Crippen LogP contribution is 2.33. The van der Waals surface area contributed by atoms with E-state index in [-0.39, 0.29) is 22.2 Å². The summed E-state index contributed by atoms with van der Waals surface area (Å²) in [5.41, 5.74) is 0.239. The Morgan fingerprint density at radius 2 is 2.17 bits per heavy atom. The van der Waals surface area contributed by atoms with Gasteiger partial charge in [0, 0.05) is 9.77 Å². The molecule has 5 nitrogen and oxygen atoms in total. The SMILES string of the molecule is O=C(Nc1nnc(C(F)(F)F)s1)c1cc(I)c[nH]1. The maximum Gasteiger partial charge on any atom is 0.445 e. The smallest absolute Gasteiger partial charge is 0.356 e. The number of alkyl halides is 3. The molecule has 96 valence electrons. The van der Waals surface area contributed by atoms with Crippen molar-refractivity contribution in [2.45, 2.75) is 6.18 Å². The number of carbonyl (C=O) groups is 1. The molecular weight excluding hydrogens is 384 g/mol. The van der Waals surface area contributed by atoms with E-state index in [2.05, 4.69) is 20.5 Å². The minimum atomic E-state index is -4.55. The van der Waals surface area contributed by atoms with Crippen molar-refractivity contribution in [2.24, 2.45) is 0 Å². The number of anilines is 1. The van der Waals surface area contributed by atoms with Crippen molar-refractivity contribution in [1.29, 1.82) is 0 Å². The van der Waals surface area contributed by atoms with Gasteiger partial charge in [0.1, 0.15) is 5.69 Å². The van der Waals surface area contributed by atoms with Crippen LogP contribution in [0.25, 0.3) is 0 Å². The fraction of sp³-hybridized carbons (Fsp3) is 0.125. The summed E-state index contributed by atoms with van der Waals surface area (Å²) in [5, 5.41) is 7.15. The first-order valence-electron chi connectivity index (χ1n) is 4.42. The lowest BCUT2D eigenvalue weighted by Crippen LogP contribution is -2.11. The van der Waals surface area contributed by atoms with Crippen LogP contribution in [0.2, 0.25) is 0 Å². The van der Waals surface area contributed by atoms with E-state index in [9.17, 15) is 18.0 Å². The van der Waals surface area contributed by atoms with Crippen LogP contribution in [0.3, 0.4) is 0 Å². The monoisotopic (exact) mass is 388 g/mol. The maximum absolute atomic E-state index is 12.3. The summed E-state index contributed by atoms with van der Waals surface area (Å²) in [5.74, 6) is -0.567. The van der Waals surface area contributed by atoms with E-state index >= 15 is 0 Å². The summed E-state index contributed by atoms with van der Waals surface area (Å²) in [7, 11) is 0. The number of amides is 1. The van der Waals surface area contributed by atoms with Gasteiger partial charge in [0.25, 0.3) is 5.91 Å². The Bertz CT molecular complexity index is 579. The molecule has 2 rings (SSSR count). The van der Waals surface area contributed by atoms with Gasteiger partial charge in [-0.05, 0) is 28.7 Å². The van der Waals surface area contributed by atoms with Gasteiger partial charge in [-0.3, -0.25) is 10.1 Å². The summed E-state index contributed by atoms with van der Waals surface area (Å²) in [6, 6.07) is 1.56. The summed E-state index contributed by atoms with van der Waals surface area (Å²) in [4.78, 5) is 14.3. The van der Waals surface area contributed by atoms with Crippen LogP contribution in [0.1, 0.15) is 15.5 Å². The lowest BCUT2D eigenvalue weighted by Gasteiger charge is -1.98. The summed E-state index contributed by atoms with van der Waals surface area (Å²) in [6.07, 6.45) is -2.96. The molecule has 1 amide bonds. The molecule has 2 N–H and O–H groups in total. The molecule has 0 saturated heterocycles. The fourth-order valence-electron chi connectivity index (χ4n) is 1.05.